The molecule has 1 heterocycles. The molecular formula is C15H15ClN2OS. The van der Waals surface area contributed by atoms with Gasteiger partial charge in [-0.15, -0.1) is 0 Å². The number of pyridine rings is 1. The molecule has 1 aromatic heterocycles. The summed E-state index contributed by atoms with van der Waals surface area (Å²) in [4.78, 5) is 4.63. The first-order valence-electron chi connectivity index (χ1n) is 6.10. The Balaban J connectivity index is 2.47. The van der Waals surface area contributed by atoms with E-state index in [1.165, 1.54) is 0 Å². The highest BCUT2D eigenvalue weighted by atomic mass is 35.5. The molecule has 0 unspecified atom stereocenters. The monoisotopic (exact) mass is 306 g/mol. The number of ether oxygens (including phenoxy) is 1. The second kappa shape index (κ2) is 5.77. The summed E-state index contributed by atoms with van der Waals surface area (Å²) in [6.07, 6.45) is 0. The van der Waals surface area contributed by atoms with Crippen LogP contribution in [0.5, 0.6) is 11.5 Å². The van der Waals surface area contributed by atoms with Crippen molar-refractivity contribution in [1.82, 2.24) is 4.98 Å². The first-order chi connectivity index (χ1) is 9.38. The van der Waals surface area contributed by atoms with Gasteiger partial charge >= 0.3 is 0 Å². The van der Waals surface area contributed by atoms with E-state index in [4.69, 9.17) is 34.3 Å². The predicted molar refractivity (Wildman–Crippen MR) is 85.9 cm³/mol. The van der Waals surface area contributed by atoms with E-state index >= 15 is 0 Å². The number of rotatable bonds is 3. The standard InChI is InChI=1S/C15H15ClN2OS/c1-8-6-11(4-5-12(8)16)19-13-7-9(2)18-10(3)14(13)15(17)20/h4-7H,1-3H3,(H2,17,20). The Hall–Kier alpha value is -1.65. The number of aryl methyl sites for hydroxylation is 3. The molecule has 2 aromatic rings. The first kappa shape index (κ1) is 14.8. The molecule has 0 aliphatic rings. The minimum atomic E-state index is 0.274. The van der Waals surface area contributed by atoms with Crippen molar-refractivity contribution in [2.45, 2.75) is 20.8 Å². The molecule has 0 amide bonds. The summed E-state index contributed by atoms with van der Waals surface area (Å²) < 4.78 is 5.90. The summed E-state index contributed by atoms with van der Waals surface area (Å²) in [5, 5.41) is 0.703. The van der Waals surface area contributed by atoms with E-state index in [1.807, 2.05) is 39.0 Å². The van der Waals surface area contributed by atoms with E-state index in [0.29, 0.717) is 22.1 Å². The van der Waals surface area contributed by atoms with Crippen molar-refractivity contribution < 1.29 is 4.74 Å². The molecule has 5 heteroatoms. The lowest BCUT2D eigenvalue weighted by atomic mass is 10.1. The number of hydrogen-bond donors (Lipinski definition) is 1. The normalized spacial score (nSPS) is 10.4. The van der Waals surface area contributed by atoms with Crippen LogP contribution in [0.3, 0.4) is 0 Å². The molecule has 0 saturated carbocycles. The highest BCUT2D eigenvalue weighted by Gasteiger charge is 2.13. The van der Waals surface area contributed by atoms with Crippen molar-refractivity contribution in [2.75, 3.05) is 0 Å². The van der Waals surface area contributed by atoms with Gasteiger partial charge in [-0.1, -0.05) is 23.8 Å². The summed E-state index contributed by atoms with van der Waals surface area (Å²) >= 11 is 11.1. The van der Waals surface area contributed by atoms with Crippen molar-refractivity contribution >= 4 is 28.8 Å². The van der Waals surface area contributed by atoms with Gasteiger partial charge in [0.25, 0.3) is 0 Å². The van der Waals surface area contributed by atoms with Crippen LogP contribution in [0.4, 0.5) is 0 Å². The van der Waals surface area contributed by atoms with Crippen LogP contribution in [-0.4, -0.2) is 9.97 Å². The second-order valence-electron chi connectivity index (χ2n) is 4.60. The molecule has 0 radical (unpaired) electrons. The fourth-order valence-corrected chi connectivity index (χ4v) is 2.35. The van der Waals surface area contributed by atoms with Crippen molar-refractivity contribution in [2.24, 2.45) is 5.73 Å². The number of aromatic nitrogens is 1. The molecule has 0 aliphatic heterocycles. The van der Waals surface area contributed by atoms with Crippen molar-refractivity contribution in [1.29, 1.82) is 0 Å². The van der Waals surface area contributed by atoms with E-state index < -0.39 is 0 Å². The number of thiocarbonyl (C=S) groups is 1. The van der Waals surface area contributed by atoms with Crippen LogP contribution in [-0.2, 0) is 0 Å². The molecule has 0 saturated heterocycles. The topological polar surface area (TPSA) is 48.1 Å². The van der Waals surface area contributed by atoms with Gasteiger partial charge in [0, 0.05) is 16.8 Å². The number of hydrogen-bond acceptors (Lipinski definition) is 3. The molecule has 0 spiro atoms. The lowest BCUT2D eigenvalue weighted by molar-refractivity contribution is 0.479. The van der Waals surface area contributed by atoms with E-state index in [1.54, 1.807) is 6.07 Å². The van der Waals surface area contributed by atoms with Gasteiger partial charge in [-0.3, -0.25) is 4.98 Å². The minimum absolute atomic E-state index is 0.274. The molecule has 2 N–H and O–H groups in total. The van der Waals surface area contributed by atoms with Crippen LogP contribution in [0, 0.1) is 20.8 Å². The number of halogens is 1. The van der Waals surface area contributed by atoms with Crippen molar-refractivity contribution in [3.8, 4) is 11.5 Å². The van der Waals surface area contributed by atoms with Gasteiger partial charge in [0.15, 0.2) is 0 Å². The third-order valence-corrected chi connectivity index (χ3v) is 3.52. The molecule has 0 bridgehead atoms. The molecule has 3 nitrogen and oxygen atoms in total. The number of nitrogens with two attached hydrogens (primary N) is 1. The van der Waals surface area contributed by atoms with Gasteiger partial charge in [0.05, 0.1) is 11.3 Å². The Morgan fingerprint density at radius 3 is 2.55 bits per heavy atom. The Kier molecular flexibility index (Phi) is 4.26. The molecular weight excluding hydrogens is 292 g/mol. The molecule has 1 aromatic carbocycles. The van der Waals surface area contributed by atoms with Gasteiger partial charge < -0.3 is 10.5 Å². The molecule has 104 valence electrons. The minimum Gasteiger partial charge on any atom is -0.456 e. The molecule has 20 heavy (non-hydrogen) atoms. The summed E-state index contributed by atoms with van der Waals surface area (Å²) in [6, 6.07) is 7.31. The fourth-order valence-electron chi connectivity index (χ4n) is 1.98. The van der Waals surface area contributed by atoms with Gasteiger partial charge in [-0.05, 0) is 44.5 Å². The Labute approximate surface area is 128 Å². The SMILES string of the molecule is Cc1cc(Oc2ccc(Cl)c(C)c2)c(C(N)=S)c(C)n1. The largest absolute Gasteiger partial charge is 0.456 e. The summed E-state index contributed by atoms with van der Waals surface area (Å²) in [5.74, 6) is 1.30. The number of benzene rings is 1. The summed E-state index contributed by atoms with van der Waals surface area (Å²) in [7, 11) is 0. The zero-order chi connectivity index (χ0) is 14.9. The van der Waals surface area contributed by atoms with Crippen LogP contribution in [0.25, 0.3) is 0 Å². The van der Waals surface area contributed by atoms with Crippen LogP contribution in [0.15, 0.2) is 24.3 Å². The van der Waals surface area contributed by atoms with Crippen molar-refractivity contribution in [3.05, 3.63) is 51.8 Å². The quantitative estimate of drug-likeness (QED) is 0.868. The van der Waals surface area contributed by atoms with Crippen LogP contribution in [0.2, 0.25) is 5.02 Å². The van der Waals surface area contributed by atoms with Gasteiger partial charge in [0.1, 0.15) is 16.5 Å². The summed E-state index contributed by atoms with van der Waals surface area (Å²) in [6.45, 7) is 5.69. The zero-order valence-electron chi connectivity index (χ0n) is 11.5. The highest BCUT2D eigenvalue weighted by molar-refractivity contribution is 7.80. The summed E-state index contributed by atoms with van der Waals surface area (Å²) in [5.41, 5.74) is 8.99. The molecule has 0 aliphatic carbocycles. The average molecular weight is 307 g/mol. The van der Waals surface area contributed by atoms with Crippen LogP contribution in [0.1, 0.15) is 22.5 Å². The van der Waals surface area contributed by atoms with Crippen molar-refractivity contribution in [3.63, 3.8) is 0 Å². The maximum atomic E-state index is 6.01. The van der Waals surface area contributed by atoms with Gasteiger partial charge in [-0.25, -0.2) is 0 Å². The van der Waals surface area contributed by atoms with Crippen LogP contribution < -0.4 is 10.5 Å². The fraction of sp³-hybridized carbons (Fsp3) is 0.200. The van der Waals surface area contributed by atoms with E-state index in [9.17, 15) is 0 Å². The zero-order valence-corrected chi connectivity index (χ0v) is 13.1. The number of nitrogens with zero attached hydrogens (tertiary/aromatic N) is 1. The molecule has 0 atom stereocenters. The van der Waals surface area contributed by atoms with Crippen LogP contribution >= 0.6 is 23.8 Å². The molecule has 2 rings (SSSR count). The third kappa shape index (κ3) is 3.08. The smallest absolute Gasteiger partial charge is 0.141 e. The Morgan fingerprint density at radius 1 is 1.25 bits per heavy atom. The first-order valence-corrected chi connectivity index (χ1v) is 6.89. The second-order valence-corrected chi connectivity index (χ2v) is 5.45. The predicted octanol–water partition coefficient (Wildman–Crippen LogP) is 4.09. The lowest BCUT2D eigenvalue weighted by Crippen LogP contribution is -2.14. The van der Waals surface area contributed by atoms with E-state index in [2.05, 4.69) is 4.98 Å². The average Bonchev–Trinajstić information content (AvgIpc) is 2.32. The van der Waals surface area contributed by atoms with Gasteiger partial charge in [-0.2, -0.15) is 0 Å². The highest BCUT2D eigenvalue weighted by Crippen LogP contribution is 2.30. The van der Waals surface area contributed by atoms with E-state index in [0.717, 1.165) is 17.0 Å². The van der Waals surface area contributed by atoms with Gasteiger partial charge in [0.2, 0.25) is 0 Å². The maximum absolute atomic E-state index is 6.01. The molecule has 0 fully saturated rings. The lowest BCUT2D eigenvalue weighted by Gasteiger charge is -2.14. The van der Waals surface area contributed by atoms with E-state index in [-0.39, 0.29) is 4.99 Å². The maximum Gasteiger partial charge on any atom is 0.141 e. The third-order valence-electron chi connectivity index (χ3n) is 2.90. The Morgan fingerprint density at radius 2 is 1.95 bits per heavy atom. The Bertz CT molecular complexity index is 686.